The Balaban J connectivity index is 2.90. The van der Waals surface area contributed by atoms with Gasteiger partial charge in [0, 0.05) is 6.54 Å². The van der Waals surface area contributed by atoms with E-state index in [1.54, 1.807) is 6.08 Å². The van der Waals surface area contributed by atoms with Crippen LogP contribution in [0.25, 0.3) is 0 Å². The standard InChI is InChI=1S/C10H11ClFNO2S/c1-2-3-6-13-16(14,15)8-4-5-10(12)9(11)7-8/h2,4-5,7,13H,1,3,6H2. The maximum atomic E-state index is 12.8. The zero-order chi connectivity index (χ0) is 12.2. The van der Waals surface area contributed by atoms with Gasteiger partial charge < -0.3 is 0 Å². The highest BCUT2D eigenvalue weighted by Gasteiger charge is 2.14. The summed E-state index contributed by atoms with van der Waals surface area (Å²) in [5, 5.41) is -0.216. The Kier molecular flexibility index (Phi) is 4.46. The first-order valence-corrected chi connectivity index (χ1v) is 6.39. The maximum Gasteiger partial charge on any atom is 0.240 e. The second-order valence-electron chi connectivity index (χ2n) is 3.05. The quantitative estimate of drug-likeness (QED) is 0.655. The number of nitrogens with one attached hydrogen (secondary N) is 1. The predicted octanol–water partition coefficient (Wildman–Crippen LogP) is 2.33. The molecule has 1 rings (SSSR count). The Bertz CT molecular complexity index is 488. The van der Waals surface area contributed by atoms with E-state index >= 15 is 0 Å². The van der Waals surface area contributed by atoms with Gasteiger partial charge in [0.15, 0.2) is 0 Å². The second kappa shape index (κ2) is 5.43. The van der Waals surface area contributed by atoms with Gasteiger partial charge in [0.2, 0.25) is 10.0 Å². The number of rotatable bonds is 5. The molecular weight excluding hydrogens is 253 g/mol. The van der Waals surface area contributed by atoms with Gasteiger partial charge in [-0.3, -0.25) is 0 Å². The van der Waals surface area contributed by atoms with Crippen LogP contribution in [-0.4, -0.2) is 15.0 Å². The molecule has 0 fully saturated rings. The highest BCUT2D eigenvalue weighted by Crippen LogP contribution is 2.19. The van der Waals surface area contributed by atoms with E-state index in [4.69, 9.17) is 11.6 Å². The lowest BCUT2D eigenvalue weighted by Crippen LogP contribution is -2.24. The molecule has 6 heteroatoms. The molecule has 0 aliphatic rings. The first-order valence-electron chi connectivity index (χ1n) is 4.53. The van der Waals surface area contributed by atoms with Crippen LogP contribution in [0.5, 0.6) is 0 Å². The molecular formula is C10H11ClFNO2S. The van der Waals surface area contributed by atoms with Crippen molar-refractivity contribution in [3.63, 3.8) is 0 Å². The molecule has 1 aromatic rings. The van der Waals surface area contributed by atoms with Crippen molar-refractivity contribution in [1.82, 2.24) is 4.72 Å². The summed E-state index contributed by atoms with van der Waals surface area (Å²) in [6, 6.07) is 3.26. The van der Waals surface area contributed by atoms with E-state index in [0.29, 0.717) is 6.42 Å². The largest absolute Gasteiger partial charge is 0.240 e. The van der Waals surface area contributed by atoms with Crippen LogP contribution in [0.4, 0.5) is 4.39 Å². The molecule has 0 bridgehead atoms. The first kappa shape index (κ1) is 13.2. The van der Waals surface area contributed by atoms with Crippen LogP contribution in [0, 0.1) is 5.82 Å². The molecule has 1 aromatic carbocycles. The highest BCUT2D eigenvalue weighted by molar-refractivity contribution is 7.89. The van der Waals surface area contributed by atoms with E-state index in [2.05, 4.69) is 11.3 Å². The van der Waals surface area contributed by atoms with Crippen molar-refractivity contribution < 1.29 is 12.8 Å². The lowest BCUT2D eigenvalue weighted by Gasteiger charge is -2.05. The summed E-state index contributed by atoms with van der Waals surface area (Å²) in [5.41, 5.74) is 0. The van der Waals surface area contributed by atoms with E-state index in [-0.39, 0.29) is 16.5 Å². The molecule has 0 saturated carbocycles. The molecule has 0 spiro atoms. The SMILES string of the molecule is C=CCCNS(=O)(=O)c1ccc(F)c(Cl)c1. The van der Waals surface area contributed by atoms with Crippen molar-refractivity contribution in [2.45, 2.75) is 11.3 Å². The minimum Gasteiger partial charge on any atom is -0.211 e. The number of halogens is 2. The van der Waals surface area contributed by atoms with Crippen molar-refractivity contribution in [3.8, 4) is 0 Å². The molecule has 0 aliphatic heterocycles. The van der Waals surface area contributed by atoms with Gasteiger partial charge in [-0.2, -0.15) is 0 Å². The Labute approximate surface area is 99.0 Å². The number of hydrogen-bond acceptors (Lipinski definition) is 2. The molecule has 0 aliphatic carbocycles. The molecule has 3 nitrogen and oxygen atoms in total. The molecule has 0 saturated heterocycles. The molecule has 0 radical (unpaired) electrons. The van der Waals surface area contributed by atoms with Crippen LogP contribution >= 0.6 is 11.6 Å². The summed E-state index contributed by atoms with van der Waals surface area (Å²) in [5.74, 6) is -0.647. The van der Waals surface area contributed by atoms with E-state index in [1.807, 2.05) is 0 Å². The Morgan fingerprint density at radius 2 is 2.19 bits per heavy atom. The lowest BCUT2D eigenvalue weighted by atomic mass is 10.3. The molecule has 88 valence electrons. The molecule has 0 unspecified atom stereocenters. The molecule has 0 heterocycles. The molecule has 0 aromatic heterocycles. The number of hydrogen-bond donors (Lipinski definition) is 1. The van der Waals surface area contributed by atoms with Crippen molar-refractivity contribution in [1.29, 1.82) is 0 Å². The third-order valence-corrected chi connectivity index (χ3v) is 3.59. The van der Waals surface area contributed by atoms with Gasteiger partial charge in [-0.25, -0.2) is 17.5 Å². The zero-order valence-corrected chi connectivity index (χ0v) is 9.98. The van der Waals surface area contributed by atoms with Crippen LogP contribution < -0.4 is 4.72 Å². The van der Waals surface area contributed by atoms with Crippen molar-refractivity contribution in [2.24, 2.45) is 0 Å². The fourth-order valence-electron chi connectivity index (χ4n) is 1.02. The fourth-order valence-corrected chi connectivity index (χ4v) is 2.34. The Hall–Kier alpha value is -0.910. The lowest BCUT2D eigenvalue weighted by molar-refractivity contribution is 0.581. The first-order chi connectivity index (χ1) is 7.47. The number of benzene rings is 1. The van der Waals surface area contributed by atoms with Gasteiger partial charge in [-0.1, -0.05) is 17.7 Å². The Morgan fingerprint density at radius 1 is 1.50 bits per heavy atom. The van der Waals surface area contributed by atoms with Gasteiger partial charge in [0.1, 0.15) is 5.82 Å². The van der Waals surface area contributed by atoms with Gasteiger partial charge in [0.05, 0.1) is 9.92 Å². The van der Waals surface area contributed by atoms with Crippen LogP contribution in [0.1, 0.15) is 6.42 Å². The van der Waals surface area contributed by atoms with Crippen molar-refractivity contribution in [3.05, 3.63) is 41.7 Å². The summed E-state index contributed by atoms with van der Waals surface area (Å²) >= 11 is 5.50. The van der Waals surface area contributed by atoms with Gasteiger partial charge in [-0.05, 0) is 24.6 Å². The van der Waals surface area contributed by atoms with Gasteiger partial charge in [-0.15, -0.1) is 6.58 Å². The van der Waals surface area contributed by atoms with Crippen molar-refractivity contribution >= 4 is 21.6 Å². The highest BCUT2D eigenvalue weighted by atomic mass is 35.5. The number of sulfonamides is 1. The third-order valence-electron chi connectivity index (χ3n) is 1.84. The average molecular weight is 264 g/mol. The van der Waals surface area contributed by atoms with E-state index in [1.165, 1.54) is 0 Å². The summed E-state index contributed by atoms with van der Waals surface area (Å²) in [6.45, 7) is 3.72. The van der Waals surface area contributed by atoms with Crippen LogP contribution in [0.2, 0.25) is 5.02 Å². The average Bonchev–Trinajstić information content (AvgIpc) is 2.22. The summed E-state index contributed by atoms with van der Waals surface area (Å²) in [4.78, 5) is -0.0528. The van der Waals surface area contributed by atoms with Crippen LogP contribution in [-0.2, 0) is 10.0 Å². The van der Waals surface area contributed by atoms with Crippen LogP contribution in [0.15, 0.2) is 35.7 Å². The van der Waals surface area contributed by atoms with Gasteiger partial charge >= 0.3 is 0 Å². The van der Waals surface area contributed by atoms with Gasteiger partial charge in [0.25, 0.3) is 0 Å². The smallest absolute Gasteiger partial charge is 0.211 e. The summed E-state index contributed by atoms with van der Waals surface area (Å²) in [6.07, 6.45) is 2.12. The normalized spacial score (nSPS) is 11.4. The third kappa shape index (κ3) is 3.30. The predicted molar refractivity (Wildman–Crippen MR) is 61.4 cm³/mol. The molecule has 0 atom stereocenters. The van der Waals surface area contributed by atoms with E-state index in [0.717, 1.165) is 18.2 Å². The summed E-state index contributed by atoms with van der Waals surface area (Å²) in [7, 11) is -3.62. The molecule has 1 N–H and O–H groups in total. The van der Waals surface area contributed by atoms with Crippen molar-refractivity contribution in [2.75, 3.05) is 6.54 Å². The minimum absolute atomic E-state index is 0.0528. The molecule has 0 amide bonds. The summed E-state index contributed by atoms with van der Waals surface area (Å²) < 4.78 is 38.5. The van der Waals surface area contributed by atoms with E-state index < -0.39 is 15.8 Å². The fraction of sp³-hybridized carbons (Fsp3) is 0.200. The zero-order valence-electron chi connectivity index (χ0n) is 8.41. The topological polar surface area (TPSA) is 46.2 Å². The molecule has 16 heavy (non-hydrogen) atoms. The van der Waals surface area contributed by atoms with E-state index in [9.17, 15) is 12.8 Å². The second-order valence-corrected chi connectivity index (χ2v) is 5.23. The minimum atomic E-state index is -3.62. The monoisotopic (exact) mass is 263 g/mol. The Morgan fingerprint density at radius 3 is 2.75 bits per heavy atom. The maximum absolute atomic E-state index is 12.8. The van der Waals surface area contributed by atoms with Crippen LogP contribution in [0.3, 0.4) is 0 Å².